The van der Waals surface area contributed by atoms with Crippen molar-refractivity contribution in [2.24, 2.45) is 5.92 Å². The summed E-state index contributed by atoms with van der Waals surface area (Å²) in [5.41, 5.74) is 4.82. The fourth-order valence-electron chi connectivity index (χ4n) is 6.30. The van der Waals surface area contributed by atoms with Crippen LogP contribution in [-0.4, -0.2) is 46.0 Å². The topological polar surface area (TPSA) is 55.8 Å². The molecule has 5 nitrogen and oxygen atoms in total. The zero-order valence-corrected chi connectivity index (χ0v) is 25.1. The molecular weight excluding hydrogens is 538 g/mol. The molecule has 1 aliphatic rings. The van der Waals surface area contributed by atoms with Crippen molar-refractivity contribution in [3.8, 4) is 0 Å². The van der Waals surface area contributed by atoms with Gasteiger partial charge in [-0.05, 0) is 60.8 Å². The van der Waals surface area contributed by atoms with Gasteiger partial charge in [0.1, 0.15) is 0 Å². The van der Waals surface area contributed by atoms with Crippen LogP contribution in [0.4, 0.5) is 10.5 Å². The van der Waals surface area contributed by atoms with E-state index in [0.717, 1.165) is 31.4 Å². The molecule has 0 bridgehead atoms. The first-order chi connectivity index (χ1) is 20.6. The highest BCUT2D eigenvalue weighted by molar-refractivity contribution is 7.98. The van der Waals surface area contributed by atoms with Crippen LogP contribution in [-0.2, 0) is 19.5 Å². The molecule has 0 aromatic heterocycles. The number of thioether (sulfide) groups is 1. The molecule has 0 saturated carbocycles. The maximum Gasteiger partial charge on any atom is 0.408 e. The van der Waals surface area contributed by atoms with Gasteiger partial charge >= 0.3 is 6.09 Å². The molecule has 2 unspecified atom stereocenters. The van der Waals surface area contributed by atoms with Gasteiger partial charge in [0.15, 0.2) is 0 Å². The lowest BCUT2D eigenvalue weighted by Gasteiger charge is -2.50. The Morgan fingerprint density at radius 1 is 0.833 bits per heavy atom. The highest BCUT2D eigenvalue weighted by atomic mass is 32.2. The second kappa shape index (κ2) is 14.9. The van der Waals surface area contributed by atoms with E-state index >= 15 is 0 Å². The molecule has 4 aromatic carbocycles. The number of hydrogen-bond acceptors (Lipinski definition) is 4. The Balaban J connectivity index is 1.51. The molecule has 42 heavy (non-hydrogen) atoms. The van der Waals surface area contributed by atoms with Gasteiger partial charge in [-0.3, -0.25) is 9.80 Å². The molecule has 1 fully saturated rings. The van der Waals surface area contributed by atoms with E-state index in [0.29, 0.717) is 19.6 Å². The third kappa shape index (κ3) is 7.75. The molecule has 3 atom stereocenters. The summed E-state index contributed by atoms with van der Waals surface area (Å²) in [7, 11) is 0. The highest BCUT2D eigenvalue weighted by Crippen LogP contribution is 2.36. The lowest BCUT2D eigenvalue weighted by Crippen LogP contribution is -2.61. The average Bonchev–Trinajstić information content (AvgIpc) is 3.03. The second-order valence-electron chi connectivity index (χ2n) is 11.0. The van der Waals surface area contributed by atoms with Crippen molar-refractivity contribution >= 4 is 23.5 Å². The summed E-state index contributed by atoms with van der Waals surface area (Å²) in [5.74, 6) is 0.0981. The van der Waals surface area contributed by atoms with Crippen LogP contribution >= 0.6 is 11.8 Å². The number of carbonyl (C=O) groups is 1. The zero-order chi connectivity index (χ0) is 29.1. The SMILES string of the molecule is CSc1ccccc1NC1CCN(C(=O)O)[C@H](N(Cc2ccccc2)Cc2ccccc2)C1CCCc1ccccc1. The number of amides is 1. The Morgan fingerprint density at radius 2 is 1.38 bits per heavy atom. The molecule has 6 heteroatoms. The minimum atomic E-state index is -0.845. The Hall–Kier alpha value is -3.74. The fraction of sp³-hybridized carbons (Fsp3) is 0.306. The number of piperidine rings is 1. The van der Waals surface area contributed by atoms with Crippen molar-refractivity contribution in [3.05, 3.63) is 132 Å². The van der Waals surface area contributed by atoms with Gasteiger partial charge in [-0.1, -0.05) is 103 Å². The lowest BCUT2D eigenvalue weighted by molar-refractivity contribution is -0.0334. The summed E-state index contributed by atoms with van der Waals surface area (Å²) < 4.78 is 0. The molecule has 4 aromatic rings. The number of likely N-dealkylation sites (tertiary alicyclic amines) is 1. The predicted octanol–water partition coefficient (Wildman–Crippen LogP) is 8.24. The van der Waals surface area contributed by atoms with E-state index in [-0.39, 0.29) is 18.1 Å². The fourth-order valence-corrected chi connectivity index (χ4v) is 6.86. The molecular formula is C36H41N3O2S. The molecule has 1 amide bonds. The van der Waals surface area contributed by atoms with Gasteiger partial charge in [0, 0.05) is 42.2 Å². The largest absolute Gasteiger partial charge is 0.465 e. The third-order valence-corrected chi connectivity index (χ3v) is 9.07. The van der Waals surface area contributed by atoms with E-state index in [1.807, 2.05) is 12.1 Å². The number of rotatable bonds is 12. The molecule has 1 saturated heterocycles. The lowest BCUT2D eigenvalue weighted by atomic mass is 9.83. The minimum absolute atomic E-state index is 0.0981. The minimum Gasteiger partial charge on any atom is -0.465 e. The molecule has 218 valence electrons. The van der Waals surface area contributed by atoms with Crippen molar-refractivity contribution in [1.82, 2.24) is 9.80 Å². The van der Waals surface area contributed by atoms with E-state index in [9.17, 15) is 9.90 Å². The summed E-state index contributed by atoms with van der Waals surface area (Å²) >= 11 is 1.74. The average molecular weight is 580 g/mol. The van der Waals surface area contributed by atoms with Crippen LogP contribution in [0, 0.1) is 5.92 Å². The predicted molar refractivity (Wildman–Crippen MR) is 174 cm³/mol. The van der Waals surface area contributed by atoms with Crippen molar-refractivity contribution in [3.63, 3.8) is 0 Å². The number of benzene rings is 4. The monoisotopic (exact) mass is 579 g/mol. The number of aryl methyl sites for hydroxylation is 1. The Bertz CT molecular complexity index is 1350. The number of nitrogens with one attached hydrogen (secondary N) is 1. The van der Waals surface area contributed by atoms with E-state index in [1.54, 1.807) is 16.7 Å². The van der Waals surface area contributed by atoms with E-state index < -0.39 is 6.09 Å². The van der Waals surface area contributed by atoms with Crippen molar-refractivity contribution < 1.29 is 9.90 Å². The number of carboxylic acid groups (broad SMARTS) is 1. The molecule has 1 heterocycles. The van der Waals surface area contributed by atoms with Gasteiger partial charge in [-0.25, -0.2) is 4.79 Å². The standard InChI is InChI=1S/C36H41N3O2S/c1-42-34-23-12-11-22-33(34)37-32-24-25-39(36(40)41)35(31(32)21-13-20-28-14-5-2-6-15-28)38(26-29-16-7-3-8-17-29)27-30-18-9-4-10-19-30/h2-12,14-19,22-23,31-32,35,37H,13,20-21,24-27H2,1H3,(H,40,41)/t31?,32?,35-/m0/s1. The van der Waals surface area contributed by atoms with Gasteiger partial charge in [-0.2, -0.15) is 0 Å². The first-order valence-corrected chi connectivity index (χ1v) is 16.1. The molecule has 0 aliphatic carbocycles. The number of anilines is 1. The van der Waals surface area contributed by atoms with Gasteiger partial charge in [0.25, 0.3) is 0 Å². The quantitative estimate of drug-likeness (QED) is 0.166. The summed E-state index contributed by atoms with van der Waals surface area (Å²) in [6.45, 7) is 1.84. The molecule has 5 rings (SSSR count). The van der Waals surface area contributed by atoms with E-state index in [2.05, 4.69) is 120 Å². The van der Waals surface area contributed by atoms with Gasteiger partial charge < -0.3 is 10.4 Å². The first kappa shape index (κ1) is 29.7. The number of para-hydroxylation sites is 1. The number of nitrogens with zero attached hydrogens (tertiary/aromatic N) is 2. The zero-order valence-electron chi connectivity index (χ0n) is 24.3. The van der Waals surface area contributed by atoms with Crippen LogP contribution in [0.2, 0.25) is 0 Å². The highest BCUT2D eigenvalue weighted by Gasteiger charge is 2.43. The van der Waals surface area contributed by atoms with Crippen LogP contribution in [0.25, 0.3) is 0 Å². The van der Waals surface area contributed by atoms with Gasteiger partial charge in [0.05, 0.1) is 6.17 Å². The summed E-state index contributed by atoms with van der Waals surface area (Å²) in [6, 6.07) is 40.1. The molecule has 0 radical (unpaired) electrons. The van der Waals surface area contributed by atoms with Gasteiger partial charge in [0.2, 0.25) is 0 Å². The van der Waals surface area contributed by atoms with Crippen molar-refractivity contribution in [2.45, 2.75) is 55.9 Å². The normalized spacial score (nSPS) is 18.6. The summed E-state index contributed by atoms with van der Waals surface area (Å²) in [5, 5.41) is 14.4. The molecule has 2 N–H and O–H groups in total. The third-order valence-electron chi connectivity index (χ3n) is 8.27. The van der Waals surface area contributed by atoms with Crippen LogP contribution in [0.15, 0.2) is 120 Å². The smallest absolute Gasteiger partial charge is 0.408 e. The van der Waals surface area contributed by atoms with E-state index in [1.165, 1.54) is 21.6 Å². The van der Waals surface area contributed by atoms with E-state index in [4.69, 9.17) is 0 Å². The Labute approximate surface area is 254 Å². The van der Waals surface area contributed by atoms with Crippen molar-refractivity contribution in [2.75, 3.05) is 18.1 Å². The van der Waals surface area contributed by atoms with Crippen molar-refractivity contribution in [1.29, 1.82) is 0 Å². The maximum atomic E-state index is 12.9. The first-order valence-electron chi connectivity index (χ1n) is 14.9. The second-order valence-corrected chi connectivity index (χ2v) is 11.9. The van der Waals surface area contributed by atoms with Crippen LogP contribution in [0.3, 0.4) is 0 Å². The Kier molecular flexibility index (Phi) is 10.6. The summed E-state index contributed by atoms with van der Waals surface area (Å²) in [4.78, 5) is 18.2. The summed E-state index contributed by atoms with van der Waals surface area (Å²) in [6.07, 6.45) is 4.64. The number of hydrogen-bond donors (Lipinski definition) is 2. The van der Waals surface area contributed by atoms with Crippen LogP contribution in [0.1, 0.15) is 36.0 Å². The molecule has 1 aliphatic heterocycles. The van der Waals surface area contributed by atoms with Crippen LogP contribution < -0.4 is 5.32 Å². The maximum absolute atomic E-state index is 12.9. The van der Waals surface area contributed by atoms with Gasteiger partial charge in [-0.15, -0.1) is 11.8 Å². The van der Waals surface area contributed by atoms with Crippen LogP contribution in [0.5, 0.6) is 0 Å². The molecule has 0 spiro atoms. The Morgan fingerprint density at radius 3 is 1.95 bits per heavy atom.